The second kappa shape index (κ2) is 14.0. The fourth-order valence-corrected chi connectivity index (χ4v) is 6.38. The molecule has 2 heterocycles. The van der Waals surface area contributed by atoms with Crippen LogP contribution in [0.1, 0.15) is 45.5 Å². The molecule has 0 atom stereocenters. The first-order valence-corrected chi connectivity index (χ1v) is 16.3. The molecule has 0 bridgehead atoms. The molecule has 244 valence electrons. The summed E-state index contributed by atoms with van der Waals surface area (Å²) < 4.78 is 1.33. The van der Waals surface area contributed by atoms with Gasteiger partial charge in [-0.05, 0) is 89.1 Å². The van der Waals surface area contributed by atoms with E-state index in [1.54, 1.807) is 37.4 Å². The minimum atomic E-state index is -0.834. The van der Waals surface area contributed by atoms with Crippen molar-refractivity contribution in [1.82, 2.24) is 14.5 Å². The van der Waals surface area contributed by atoms with Crippen LogP contribution in [-0.4, -0.2) is 45.1 Å². The molecule has 1 amide bonds. The highest BCUT2D eigenvalue weighted by Gasteiger charge is 2.33. The van der Waals surface area contributed by atoms with Gasteiger partial charge in [0.05, 0.1) is 5.60 Å². The third kappa shape index (κ3) is 7.26. The van der Waals surface area contributed by atoms with Crippen LogP contribution >= 0.6 is 11.6 Å². The number of carbonyl (C=O) groups is 1. The Morgan fingerprint density at radius 3 is 2.27 bits per heavy atom. The predicted molar refractivity (Wildman–Crippen MR) is 190 cm³/mol. The smallest absolute Gasteiger partial charge is 0.274 e. The average molecular weight is 661 g/mol. The Kier molecular flexibility index (Phi) is 9.59. The molecule has 9 heteroatoms. The van der Waals surface area contributed by atoms with Crippen molar-refractivity contribution in [3.05, 3.63) is 161 Å². The van der Waals surface area contributed by atoms with E-state index >= 15 is 0 Å². The van der Waals surface area contributed by atoms with Crippen LogP contribution in [0, 0.1) is 0 Å². The van der Waals surface area contributed by atoms with E-state index in [-0.39, 0.29) is 16.3 Å². The van der Waals surface area contributed by atoms with Crippen molar-refractivity contribution in [1.29, 1.82) is 0 Å². The van der Waals surface area contributed by atoms with Gasteiger partial charge in [-0.1, -0.05) is 84.4 Å². The Labute approximate surface area is 283 Å². The van der Waals surface area contributed by atoms with Gasteiger partial charge in [0.2, 0.25) is 5.91 Å². The number of rotatable bonds is 8. The molecule has 0 aliphatic carbocycles. The third-order valence-electron chi connectivity index (χ3n) is 9.15. The molecule has 1 saturated heterocycles. The predicted octanol–water partition coefficient (Wildman–Crippen LogP) is 3.68. The Balaban J connectivity index is 1.19. The monoisotopic (exact) mass is 660 g/mol. The first-order chi connectivity index (χ1) is 23.1. The van der Waals surface area contributed by atoms with Gasteiger partial charge in [-0.2, -0.15) is 0 Å². The maximum Gasteiger partial charge on any atom is 0.274 e. The highest BCUT2D eigenvalue weighted by atomic mass is 35.5. The topological polar surface area (TPSA) is 121 Å². The fraction of sp³-hybridized carbons (Fsp3) is 0.205. The van der Waals surface area contributed by atoms with Gasteiger partial charge in [-0.25, -0.2) is 0 Å². The van der Waals surface area contributed by atoms with Gasteiger partial charge in [0.25, 0.3) is 11.1 Å². The molecule has 1 aromatic heterocycles. The van der Waals surface area contributed by atoms with Crippen molar-refractivity contribution in [2.75, 3.05) is 19.6 Å². The quantitative estimate of drug-likeness (QED) is 0.235. The maximum atomic E-state index is 13.2. The number of piperidine rings is 1. The van der Waals surface area contributed by atoms with Crippen LogP contribution in [0.4, 0.5) is 0 Å². The van der Waals surface area contributed by atoms with Gasteiger partial charge in [0, 0.05) is 37.3 Å². The van der Waals surface area contributed by atoms with E-state index in [1.807, 2.05) is 78.9 Å². The van der Waals surface area contributed by atoms with Gasteiger partial charge in [-0.15, -0.1) is 0 Å². The number of nitrogens with one attached hydrogen (secondary N) is 1. The zero-order valence-electron chi connectivity index (χ0n) is 26.7. The molecule has 0 unspecified atom stereocenters. The number of carbonyl (C=O) groups excluding carboxylic acids is 1. The van der Waals surface area contributed by atoms with Crippen molar-refractivity contribution in [3.63, 3.8) is 0 Å². The molecule has 4 aromatic carbocycles. The number of aromatic nitrogens is 2. The molecular formula is C39H37ClN4O4. The number of primary amides is 1. The maximum absolute atomic E-state index is 13.2. The molecule has 0 radical (unpaired) electrons. The highest BCUT2D eigenvalue weighted by molar-refractivity contribution is 6.30. The second-order valence-corrected chi connectivity index (χ2v) is 12.7. The molecule has 0 saturated carbocycles. The summed E-state index contributed by atoms with van der Waals surface area (Å²) in [5.41, 5.74) is 9.45. The largest absolute Gasteiger partial charge is 0.385 e. The van der Waals surface area contributed by atoms with Crippen molar-refractivity contribution < 1.29 is 9.90 Å². The number of halogens is 1. The summed E-state index contributed by atoms with van der Waals surface area (Å²) in [6, 6.07) is 29.9. The van der Waals surface area contributed by atoms with Crippen LogP contribution in [0.3, 0.4) is 0 Å². The molecule has 1 aliphatic rings. The molecule has 5 aromatic rings. The lowest BCUT2D eigenvalue weighted by atomic mass is 9.84. The first kappa shape index (κ1) is 32.9. The van der Waals surface area contributed by atoms with Gasteiger partial charge in [0.1, 0.15) is 10.7 Å². The summed E-state index contributed by atoms with van der Waals surface area (Å²) >= 11 is 6.03. The summed E-state index contributed by atoms with van der Waals surface area (Å²) in [6.07, 6.45) is 5.43. The molecule has 0 spiro atoms. The SMILES string of the molecule is Cn1c(=O)/c(=C/c2ccc(C(N)=O)c(-c3ccc(CCN4CCC(O)(c5ccc(Cl)cc5)CC4)cc3)c2)[nH]c(=O)/c1=C/c1ccccc1. The number of amides is 1. The van der Waals surface area contributed by atoms with E-state index < -0.39 is 17.1 Å². The minimum absolute atomic E-state index is 0.130. The molecule has 48 heavy (non-hydrogen) atoms. The van der Waals surface area contributed by atoms with E-state index in [4.69, 9.17) is 17.3 Å². The average Bonchev–Trinajstić information content (AvgIpc) is 3.09. The molecular weight excluding hydrogens is 624 g/mol. The van der Waals surface area contributed by atoms with Crippen molar-refractivity contribution in [2.45, 2.75) is 24.9 Å². The Morgan fingerprint density at radius 2 is 1.60 bits per heavy atom. The molecule has 1 aliphatic heterocycles. The van der Waals surface area contributed by atoms with Gasteiger partial charge < -0.3 is 25.3 Å². The first-order valence-electron chi connectivity index (χ1n) is 15.9. The number of H-pyrrole nitrogens is 1. The summed E-state index contributed by atoms with van der Waals surface area (Å²) in [7, 11) is 1.57. The van der Waals surface area contributed by atoms with Crippen molar-refractivity contribution in [2.24, 2.45) is 12.8 Å². The number of hydrogen-bond donors (Lipinski definition) is 3. The molecule has 8 nitrogen and oxygen atoms in total. The van der Waals surface area contributed by atoms with Crippen LogP contribution < -0.4 is 27.6 Å². The van der Waals surface area contributed by atoms with E-state index in [9.17, 15) is 19.5 Å². The van der Waals surface area contributed by atoms with Crippen molar-refractivity contribution in [3.8, 4) is 11.1 Å². The van der Waals surface area contributed by atoms with Crippen LogP contribution in [0.2, 0.25) is 5.02 Å². The lowest BCUT2D eigenvalue weighted by Crippen LogP contribution is -2.52. The number of nitrogens with two attached hydrogens (primary N) is 1. The third-order valence-corrected chi connectivity index (χ3v) is 9.40. The van der Waals surface area contributed by atoms with Gasteiger partial charge in [-0.3, -0.25) is 14.4 Å². The number of aromatic amines is 1. The number of likely N-dealkylation sites (tertiary alicyclic amines) is 1. The lowest BCUT2D eigenvalue weighted by molar-refractivity contribution is -0.0255. The summed E-state index contributed by atoms with van der Waals surface area (Å²) in [5.74, 6) is -0.561. The summed E-state index contributed by atoms with van der Waals surface area (Å²) in [5, 5.41) is 12.2. The van der Waals surface area contributed by atoms with Gasteiger partial charge in [0.15, 0.2) is 0 Å². The zero-order chi connectivity index (χ0) is 33.8. The Morgan fingerprint density at radius 1 is 0.917 bits per heavy atom. The van der Waals surface area contributed by atoms with E-state index in [1.165, 1.54) is 4.57 Å². The second-order valence-electron chi connectivity index (χ2n) is 12.3. The normalized spacial score (nSPS) is 15.5. The van der Waals surface area contributed by atoms with Crippen LogP contribution in [0.15, 0.2) is 107 Å². The van der Waals surface area contributed by atoms with Crippen LogP contribution in [-0.2, 0) is 19.1 Å². The number of nitrogens with zero attached hydrogens (tertiary/aromatic N) is 2. The van der Waals surface area contributed by atoms with Crippen molar-refractivity contribution >= 4 is 29.7 Å². The van der Waals surface area contributed by atoms with Crippen LogP contribution in [0.5, 0.6) is 0 Å². The number of aliphatic hydroxyl groups is 1. The number of benzene rings is 4. The molecule has 6 rings (SSSR count). The molecule has 1 fully saturated rings. The molecule has 4 N–H and O–H groups in total. The van der Waals surface area contributed by atoms with Crippen LogP contribution in [0.25, 0.3) is 23.3 Å². The minimum Gasteiger partial charge on any atom is -0.385 e. The lowest BCUT2D eigenvalue weighted by Gasteiger charge is -2.38. The number of hydrogen-bond acceptors (Lipinski definition) is 5. The summed E-state index contributed by atoms with van der Waals surface area (Å²) in [6.45, 7) is 2.46. The Bertz CT molecular complexity index is 2180. The Hall–Kier alpha value is -5.02. The standard InChI is InChI=1S/C39H37ClN4O4/c1-43-35(25-27-5-3-2-4-6-27)37(46)42-34(38(43)47)24-28-9-16-32(36(41)45)33(23-28)29-10-7-26(8-11-29)17-20-44-21-18-39(48,19-22-44)30-12-14-31(40)15-13-30/h2-16,23-25,48H,17-22H2,1H3,(H2,41,45)(H,42,46)/b34-24-,35-25-. The van der Waals surface area contributed by atoms with E-state index in [0.29, 0.717) is 34.6 Å². The fourth-order valence-electron chi connectivity index (χ4n) is 6.26. The van der Waals surface area contributed by atoms with E-state index in [2.05, 4.69) is 9.88 Å². The van der Waals surface area contributed by atoms with Gasteiger partial charge >= 0.3 is 0 Å². The zero-order valence-corrected chi connectivity index (χ0v) is 27.4. The highest BCUT2D eigenvalue weighted by Crippen LogP contribution is 2.33. The summed E-state index contributed by atoms with van der Waals surface area (Å²) in [4.78, 5) is 43.7. The van der Waals surface area contributed by atoms with E-state index in [0.717, 1.165) is 48.3 Å².